The molecule has 1 aliphatic heterocycles. The molecule has 1 aromatic carbocycles. The van der Waals surface area contributed by atoms with Crippen molar-refractivity contribution in [2.45, 2.75) is 57.8 Å². The van der Waals surface area contributed by atoms with E-state index >= 15 is 0 Å². The predicted octanol–water partition coefficient (Wildman–Crippen LogP) is -0.808. The van der Waals surface area contributed by atoms with Crippen LogP contribution in [-0.2, 0) is 42.9 Å². The standard InChI is InChI=1S/C23H28N2O12/c1-11(26)25-23(33)20(15-7-5-6-8-16(15)22(32)24-9-18(30)31)37-17(10-34-12(2)27)19(35-13(3)28)21(23)36-14(4)29/h5-8,17,19-21,33H,9-10H2,1-4H3,(H,24,32)(H,25,26)(H,30,31)/t17-,19-,20+,21+,23+/m1/s1. The van der Waals surface area contributed by atoms with Gasteiger partial charge in [0.1, 0.15) is 25.4 Å². The van der Waals surface area contributed by atoms with Crippen LogP contribution in [0.3, 0.4) is 0 Å². The number of hydrogen-bond donors (Lipinski definition) is 4. The van der Waals surface area contributed by atoms with Gasteiger partial charge in [-0.3, -0.25) is 28.8 Å². The first-order valence-electron chi connectivity index (χ1n) is 11.0. The first kappa shape index (κ1) is 29.2. The SMILES string of the molecule is CC(=O)N[C@]1(O)[C@H](c2ccccc2C(=O)NCC(=O)O)O[C@H](COC(C)=O)[C@@H](OC(C)=O)[C@@H]1OC(C)=O. The van der Waals surface area contributed by atoms with Crippen LogP contribution >= 0.6 is 0 Å². The highest BCUT2D eigenvalue weighted by atomic mass is 16.6. The van der Waals surface area contributed by atoms with Crippen molar-refractivity contribution in [2.75, 3.05) is 13.2 Å². The molecule has 0 radical (unpaired) electrons. The number of aliphatic carboxylic acids is 1. The van der Waals surface area contributed by atoms with E-state index in [2.05, 4.69) is 10.6 Å². The van der Waals surface area contributed by atoms with E-state index in [1.165, 1.54) is 24.3 Å². The summed E-state index contributed by atoms with van der Waals surface area (Å²) in [6, 6.07) is 5.60. The third-order valence-corrected chi connectivity index (χ3v) is 5.12. The van der Waals surface area contributed by atoms with Crippen LogP contribution in [0.4, 0.5) is 0 Å². The topological polar surface area (TPSA) is 204 Å². The van der Waals surface area contributed by atoms with Gasteiger partial charge in [0, 0.05) is 33.3 Å². The minimum atomic E-state index is -2.62. The molecule has 5 atom stereocenters. The van der Waals surface area contributed by atoms with E-state index in [-0.39, 0.29) is 11.1 Å². The zero-order valence-corrected chi connectivity index (χ0v) is 20.5. The second-order valence-corrected chi connectivity index (χ2v) is 8.13. The van der Waals surface area contributed by atoms with Crippen LogP contribution in [0.25, 0.3) is 0 Å². The molecule has 1 aromatic rings. The Labute approximate surface area is 211 Å². The molecular weight excluding hydrogens is 496 g/mol. The maximum atomic E-state index is 12.8. The van der Waals surface area contributed by atoms with Crippen LogP contribution in [0.5, 0.6) is 0 Å². The van der Waals surface area contributed by atoms with Crippen molar-refractivity contribution in [1.82, 2.24) is 10.6 Å². The first-order valence-corrected chi connectivity index (χ1v) is 11.0. The Morgan fingerprint density at radius 1 is 0.973 bits per heavy atom. The zero-order valence-electron chi connectivity index (χ0n) is 20.5. The van der Waals surface area contributed by atoms with Gasteiger partial charge in [-0.15, -0.1) is 0 Å². The van der Waals surface area contributed by atoms with Crippen molar-refractivity contribution < 1.29 is 57.9 Å². The van der Waals surface area contributed by atoms with Crippen molar-refractivity contribution in [3.8, 4) is 0 Å². The number of carboxylic acid groups (broad SMARTS) is 1. The summed E-state index contributed by atoms with van der Waals surface area (Å²) in [7, 11) is 0. The number of hydrogen-bond acceptors (Lipinski definition) is 11. The number of carbonyl (C=O) groups excluding carboxylic acids is 5. The Morgan fingerprint density at radius 3 is 2.14 bits per heavy atom. The fourth-order valence-corrected chi connectivity index (χ4v) is 3.86. The van der Waals surface area contributed by atoms with Gasteiger partial charge < -0.3 is 39.8 Å². The Balaban J connectivity index is 2.72. The number of nitrogens with one attached hydrogen (secondary N) is 2. The lowest BCUT2D eigenvalue weighted by Crippen LogP contribution is -2.71. The highest BCUT2D eigenvalue weighted by molar-refractivity contribution is 5.97. The van der Waals surface area contributed by atoms with Crippen molar-refractivity contribution in [3.05, 3.63) is 35.4 Å². The number of rotatable bonds is 9. The van der Waals surface area contributed by atoms with Crippen molar-refractivity contribution in [2.24, 2.45) is 0 Å². The second-order valence-electron chi connectivity index (χ2n) is 8.13. The lowest BCUT2D eigenvalue weighted by atomic mass is 9.83. The number of aliphatic hydroxyl groups is 1. The summed E-state index contributed by atoms with van der Waals surface area (Å²) < 4.78 is 21.6. The molecule has 0 saturated carbocycles. The molecule has 0 aromatic heterocycles. The number of esters is 3. The number of carbonyl (C=O) groups is 6. The lowest BCUT2D eigenvalue weighted by Gasteiger charge is -2.50. The van der Waals surface area contributed by atoms with Crippen LogP contribution in [0, 0.1) is 0 Å². The summed E-state index contributed by atoms with van der Waals surface area (Å²) in [4.78, 5) is 71.3. The molecule has 0 aliphatic carbocycles. The van der Waals surface area contributed by atoms with Crippen LogP contribution in [0.15, 0.2) is 24.3 Å². The molecule has 1 fully saturated rings. The quantitative estimate of drug-likeness (QED) is 0.178. The van der Waals surface area contributed by atoms with Crippen molar-refractivity contribution >= 4 is 35.7 Å². The van der Waals surface area contributed by atoms with Gasteiger partial charge in [0.05, 0.1) is 0 Å². The van der Waals surface area contributed by atoms with Crippen molar-refractivity contribution in [1.29, 1.82) is 0 Å². The summed E-state index contributed by atoms with van der Waals surface area (Å²) in [5.74, 6) is -5.48. The Hall–Kier alpha value is -4.04. The number of amides is 2. The monoisotopic (exact) mass is 524 g/mol. The van der Waals surface area contributed by atoms with E-state index in [1.807, 2.05) is 0 Å². The molecule has 1 heterocycles. The molecule has 1 aliphatic rings. The van der Waals surface area contributed by atoms with E-state index in [1.54, 1.807) is 0 Å². The molecule has 202 valence electrons. The minimum absolute atomic E-state index is 0.0482. The van der Waals surface area contributed by atoms with Gasteiger partial charge in [-0.25, -0.2) is 0 Å². The fraction of sp³-hybridized carbons (Fsp3) is 0.478. The third-order valence-electron chi connectivity index (χ3n) is 5.12. The second kappa shape index (κ2) is 12.3. The number of carboxylic acids is 1. The van der Waals surface area contributed by atoms with Gasteiger partial charge in [0.2, 0.25) is 11.6 Å². The van der Waals surface area contributed by atoms with E-state index in [4.69, 9.17) is 24.1 Å². The molecule has 4 N–H and O–H groups in total. The Morgan fingerprint density at radius 2 is 1.59 bits per heavy atom. The minimum Gasteiger partial charge on any atom is -0.480 e. The van der Waals surface area contributed by atoms with Gasteiger partial charge in [-0.05, 0) is 11.6 Å². The number of ether oxygens (including phenoxy) is 4. The summed E-state index contributed by atoms with van der Waals surface area (Å²) >= 11 is 0. The summed E-state index contributed by atoms with van der Waals surface area (Å²) in [6.07, 6.45) is -6.37. The van der Waals surface area contributed by atoms with Gasteiger partial charge in [-0.2, -0.15) is 0 Å². The van der Waals surface area contributed by atoms with Crippen LogP contribution < -0.4 is 10.6 Å². The lowest BCUT2D eigenvalue weighted by molar-refractivity contribution is -0.293. The third kappa shape index (κ3) is 7.47. The average Bonchev–Trinajstić information content (AvgIpc) is 2.78. The highest BCUT2D eigenvalue weighted by Crippen LogP contribution is 2.42. The van der Waals surface area contributed by atoms with Crippen LogP contribution in [-0.4, -0.2) is 83.1 Å². The molecule has 2 amide bonds. The van der Waals surface area contributed by atoms with Crippen LogP contribution in [0.2, 0.25) is 0 Å². The smallest absolute Gasteiger partial charge is 0.322 e. The van der Waals surface area contributed by atoms with E-state index < -0.39 is 79.0 Å². The molecular formula is C23H28N2O12. The molecule has 0 bridgehead atoms. The van der Waals surface area contributed by atoms with Gasteiger partial charge in [-0.1, -0.05) is 18.2 Å². The molecule has 14 heteroatoms. The van der Waals surface area contributed by atoms with E-state index in [0.29, 0.717) is 0 Å². The molecule has 0 unspecified atom stereocenters. The molecule has 1 saturated heterocycles. The maximum Gasteiger partial charge on any atom is 0.322 e. The zero-order chi connectivity index (χ0) is 27.9. The summed E-state index contributed by atoms with van der Waals surface area (Å²) in [5.41, 5.74) is -2.81. The Bertz CT molecular complexity index is 1070. The maximum absolute atomic E-state index is 12.8. The molecule has 14 nitrogen and oxygen atoms in total. The van der Waals surface area contributed by atoms with E-state index in [0.717, 1.165) is 27.7 Å². The number of benzene rings is 1. The predicted molar refractivity (Wildman–Crippen MR) is 121 cm³/mol. The fourth-order valence-electron chi connectivity index (χ4n) is 3.86. The van der Waals surface area contributed by atoms with Crippen LogP contribution in [0.1, 0.15) is 49.7 Å². The van der Waals surface area contributed by atoms with Gasteiger partial charge >= 0.3 is 23.9 Å². The molecule has 2 rings (SSSR count). The van der Waals surface area contributed by atoms with E-state index in [9.17, 15) is 33.9 Å². The first-order chi connectivity index (χ1) is 17.3. The Kier molecular flexibility index (Phi) is 9.68. The molecule has 37 heavy (non-hydrogen) atoms. The summed E-state index contributed by atoms with van der Waals surface area (Å²) in [5, 5.41) is 25.2. The largest absolute Gasteiger partial charge is 0.480 e. The van der Waals surface area contributed by atoms with Gasteiger partial charge in [0.15, 0.2) is 12.2 Å². The highest BCUT2D eigenvalue weighted by Gasteiger charge is 2.61. The summed E-state index contributed by atoms with van der Waals surface area (Å²) in [6.45, 7) is 2.98. The average molecular weight is 524 g/mol. The molecule has 0 spiro atoms. The normalized spacial score (nSPS) is 24.8. The van der Waals surface area contributed by atoms with Crippen molar-refractivity contribution in [3.63, 3.8) is 0 Å². The van der Waals surface area contributed by atoms with Gasteiger partial charge in [0.25, 0.3) is 5.91 Å².